The van der Waals surface area contributed by atoms with Gasteiger partial charge in [0.15, 0.2) is 4.77 Å². The number of aromatic nitrogens is 2. The second-order valence-electron chi connectivity index (χ2n) is 8.03. The van der Waals surface area contributed by atoms with Gasteiger partial charge in [-0.3, -0.25) is 9.36 Å². The highest BCUT2D eigenvalue weighted by molar-refractivity contribution is 7.71. The Morgan fingerprint density at radius 2 is 2.12 bits per heavy atom. The number of hydrogen-bond acceptors (Lipinski definition) is 3. The number of carbonyl (C=O) groups excluding carboxylic acids is 1. The third-order valence-corrected chi connectivity index (χ3v) is 6.56. The molecule has 0 saturated carbocycles. The van der Waals surface area contributed by atoms with Crippen LogP contribution in [0.1, 0.15) is 52.1 Å². The van der Waals surface area contributed by atoms with E-state index in [1.54, 1.807) is 22.9 Å². The third-order valence-electron chi connectivity index (χ3n) is 6.16. The Morgan fingerprint density at radius 1 is 1.33 bits per heavy atom. The Balaban J connectivity index is 1.84. The quantitative estimate of drug-likeness (QED) is 0.392. The van der Waals surface area contributed by atoms with Crippen LogP contribution in [-0.4, -0.2) is 26.6 Å². The van der Waals surface area contributed by atoms with E-state index in [-0.39, 0.29) is 18.2 Å². The van der Waals surface area contributed by atoms with Gasteiger partial charge in [-0.05, 0) is 72.8 Å². The maximum absolute atomic E-state index is 14.2. The van der Waals surface area contributed by atoms with Gasteiger partial charge in [-0.1, -0.05) is 13.0 Å². The molecule has 0 spiro atoms. The number of carboxylic acid groups (broad SMARTS) is 1. The molecule has 1 amide bonds. The molecule has 1 aliphatic rings. The van der Waals surface area contributed by atoms with Crippen molar-refractivity contribution in [2.45, 2.75) is 45.2 Å². The van der Waals surface area contributed by atoms with Crippen LogP contribution in [0.3, 0.4) is 0 Å². The monoisotopic (exact) mass is 471 g/mol. The lowest BCUT2D eigenvalue weighted by Crippen LogP contribution is -2.23. The summed E-state index contributed by atoms with van der Waals surface area (Å²) in [7, 11) is 0. The minimum Gasteiger partial charge on any atom is -0.478 e. The van der Waals surface area contributed by atoms with E-state index < -0.39 is 17.6 Å². The summed E-state index contributed by atoms with van der Waals surface area (Å²) in [6, 6.07) is 7.14. The number of benzene rings is 2. The largest absolute Gasteiger partial charge is 0.478 e. The number of halogens is 2. The summed E-state index contributed by atoms with van der Waals surface area (Å²) in [6.07, 6.45) is 4.30. The summed E-state index contributed by atoms with van der Waals surface area (Å²) in [5.41, 5.74) is 3.35. The van der Waals surface area contributed by atoms with Gasteiger partial charge < -0.3 is 15.0 Å². The highest BCUT2D eigenvalue weighted by Gasteiger charge is 2.27. The van der Waals surface area contributed by atoms with E-state index in [1.807, 2.05) is 17.6 Å². The van der Waals surface area contributed by atoms with Gasteiger partial charge in [0.05, 0.1) is 23.5 Å². The van der Waals surface area contributed by atoms with Crippen molar-refractivity contribution in [3.8, 4) is 5.69 Å². The molecule has 0 aliphatic heterocycles. The van der Waals surface area contributed by atoms with Crippen LogP contribution in [0.2, 0.25) is 0 Å². The molecule has 2 aromatic carbocycles. The smallest absolute Gasteiger partial charge is 0.336 e. The minimum atomic E-state index is -1.02. The summed E-state index contributed by atoms with van der Waals surface area (Å²) >= 11 is 5.81. The normalized spacial score (nSPS) is 15.2. The zero-order valence-electron chi connectivity index (χ0n) is 18.0. The van der Waals surface area contributed by atoms with Crippen LogP contribution >= 0.6 is 12.2 Å². The lowest BCUT2D eigenvalue weighted by molar-refractivity contribution is -0.109. The van der Waals surface area contributed by atoms with Gasteiger partial charge in [-0.25, -0.2) is 13.6 Å². The van der Waals surface area contributed by atoms with Gasteiger partial charge in [0.2, 0.25) is 6.41 Å². The van der Waals surface area contributed by atoms with Gasteiger partial charge in [0.25, 0.3) is 0 Å². The van der Waals surface area contributed by atoms with Gasteiger partial charge >= 0.3 is 5.97 Å². The summed E-state index contributed by atoms with van der Waals surface area (Å²) in [5, 5.41) is 12.3. The lowest BCUT2D eigenvalue weighted by atomic mass is 9.87. The van der Waals surface area contributed by atoms with Crippen LogP contribution < -0.4 is 5.32 Å². The molecule has 1 atom stereocenters. The van der Waals surface area contributed by atoms with Crippen molar-refractivity contribution in [3.05, 3.63) is 80.9 Å². The number of amides is 1. The predicted molar refractivity (Wildman–Crippen MR) is 121 cm³/mol. The first-order valence-electron chi connectivity index (χ1n) is 10.7. The molecule has 0 fully saturated rings. The fraction of sp³-hybridized carbons (Fsp3) is 0.292. The minimum absolute atomic E-state index is 0.163. The number of nitrogens with zero attached hydrogens (tertiary/aromatic N) is 2. The second-order valence-corrected chi connectivity index (χ2v) is 8.39. The SMILES string of the molecule is CCc1c(C(=O)O)cccc1-n1cc(CNC=O)n(C2CCc3c(F)cc(F)cc3C2)c1=S. The highest BCUT2D eigenvalue weighted by atomic mass is 32.1. The molecule has 4 rings (SSSR count). The molecular formula is C24H23F2N3O3S. The molecule has 33 heavy (non-hydrogen) atoms. The first-order valence-corrected chi connectivity index (χ1v) is 11.1. The molecular weight excluding hydrogens is 448 g/mol. The van der Waals surface area contributed by atoms with Gasteiger partial charge in [0.1, 0.15) is 11.6 Å². The van der Waals surface area contributed by atoms with Crippen LogP contribution in [0, 0.1) is 16.4 Å². The Morgan fingerprint density at radius 3 is 2.82 bits per heavy atom. The number of carboxylic acids is 1. The molecule has 0 bridgehead atoms. The maximum Gasteiger partial charge on any atom is 0.336 e. The second kappa shape index (κ2) is 9.27. The number of carbonyl (C=O) groups is 2. The van der Waals surface area contributed by atoms with Crippen molar-refractivity contribution in [1.82, 2.24) is 14.5 Å². The first kappa shape index (κ1) is 22.8. The zero-order valence-corrected chi connectivity index (χ0v) is 18.8. The number of fused-ring (bicyclic) bond motifs is 1. The molecule has 172 valence electrons. The standard InChI is InChI=1S/C24H23F2N3O3S/c1-2-18-20(23(31)32)4-3-5-22(18)28-12-17(11-27-13-30)29(24(28)33)16-6-7-19-14(9-16)8-15(25)10-21(19)26/h3-5,8,10,12-13,16H,2,6-7,9,11H2,1H3,(H,27,30)(H,31,32). The average Bonchev–Trinajstić information content (AvgIpc) is 3.12. The Kier molecular flexibility index (Phi) is 6.42. The summed E-state index contributed by atoms with van der Waals surface area (Å²) in [6.45, 7) is 2.09. The molecule has 2 N–H and O–H groups in total. The lowest BCUT2D eigenvalue weighted by Gasteiger charge is -2.27. The average molecular weight is 472 g/mol. The van der Waals surface area contributed by atoms with Crippen molar-refractivity contribution in [3.63, 3.8) is 0 Å². The van der Waals surface area contributed by atoms with E-state index in [9.17, 15) is 23.5 Å². The zero-order chi connectivity index (χ0) is 23.7. The topological polar surface area (TPSA) is 76.3 Å². The molecule has 0 radical (unpaired) electrons. The molecule has 1 unspecified atom stereocenters. The molecule has 3 aromatic rings. The third kappa shape index (κ3) is 4.20. The Labute approximate surface area is 194 Å². The van der Waals surface area contributed by atoms with E-state index in [0.29, 0.717) is 59.2 Å². The summed E-state index contributed by atoms with van der Waals surface area (Å²) in [5.74, 6) is -2.17. The van der Waals surface area contributed by atoms with Crippen molar-refractivity contribution in [2.24, 2.45) is 0 Å². The van der Waals surface area contributed by atoms with Crippen molar-refractivity contribution >= 4 is 24.6 Å². The fourth-order valence-corrected chi connectivity index (χ4v) is 5.14. The fourth-order valence-electron chi connectivity index (χ4n) is 4.72. The number of nitrogens with one attached hydrogen (secondary N) is 1. The van der Waals surface area contributed by atoms with E-state index in [4.69, 9.17) is 12.2 Å². The van der Waals surface area contributed by atoms with Crippen LogP contribution in [0.5, 0.6) is 0 Å². The van der Waals surface area contributed by atoms with Gasteiger partial charge in [0, 0.05) is 18.3 Å². The van der Waals surface area contributed by atoms with Crippen molar-refractivity contribution in [1.29, 1.82) is 0 Å². The van der Waals surface area contributed by atoms with Crippen LogP contribution in [0.4, 0.5) is 8.78 Å². The molecule has 1 aromatic heterocycles. The van der Waals surface area contributed by atoms with Crippen molar-refractivity contribution in [2.75, 3.05) is 0 Å². The first-order chi connectivity index (χ1) is 15.8. The number of imidazole rings is 1. The summed E-state index contributed by atoms with van der Waals surface area (Å²) in [4.78, 5) is 22.7. The number of hydrogen-bond donors (Lipinski definition) is 2. The van der Waals surface area contributed by atoms with E-state index in [0.717, 1.165) is 11.8 Å². The van der Waals surface area contributed by atoms with Crippen LogP contribution in [-0.2, 0) is 30.6 Å². The van der Waals surface area contributed by atoms with E-state index in [1.165, 1.54) is 6.07 Å². The van der Waals surface area contributed by atoms with Crippen LogP contribution in [0.15, 0.2) is 36.5 Å². The number of aromatic carboxylic acids is 1. The molecule has 1 aliphatic carbocycles. The Bertz CT molecular complexity index is 1300. The van der Waals surface area contributed by atoms with Crippen molar-refractivity contribution < 1.29 is 23.5 Å². The summed E-state index contributed by atoms with van der Waals surface area (Å²) < 4.78 is 32.2. The molecule has 0 saturated heterocycles. The van der Waals surface area contributed by atoms with E-state index in [2.05, 4.69) is 5.32 Å². The maximum atomic E-state index is 14.2. The predicted octanol–water partition coefficient (Wildman–Crippen LogP) is 4.52. The van der Waals surface area contributed by atoms with Crippen LogP contribution in [0.25, 0.3) is 5.69 Å². The molecule has 1 heterocycles. The molecule has 9 heteroatoms. The molecule has 6 nitrogen and oxygen atoms in total. The number of rotatable bonds is 7. The van der Waals surface area contributed by atoms with E-state index >= 15 is 0 Å². The van der Waals surface area contributed by atoms with Gasteiger partial charge in [-0.2, -0.15) is 0 Å². The Hall–Kier alpha value is -3.33. The highest BCUT2D eigenvalue weighted by Crippen LogP contribution is 2.33. The van der Waals surface area contributed by atoms with Gasteiger partial charge in [-0.15, -0.1) is 0 Å².